The number of nitrogens with one attached hydrogen (secondary N) is 2. The maximum atomic E-state index is 12.8. The van der Waals surface area contributed by atoms with Crippen LogP contribution in [0.2, 0.25) is 0 Å². The third-order valence-corrected chi connectivity index (χ3v) is 4.99. The van der Waals surface area contributed by atoms with Gasteiger partial charge < -0.3 is 10.6 Å². The summed E-state index contributed by atoms with van der Waals surface area (Å²) in [6, 6.07) is 12.9. The Morgan fingerprint density at radius 2 is 1.73 bits per heavy atom. The van der Waals surface area contributed by atoms with Crippen LogP contribution in [0.25, 0.3) is 0 Å². The minimum absolute atomic E-state index is 0.0163. The largest absolute Gasteiger partial charge is 0.340 e. The summed E-state index contributed by atoms with van der Waals surface area (Å²) in [6.45, 7) is 5.76. The van der Waals surface area contributed by atoms with E-state index in [0.29, 0.717) is 5.56 Å². The molecule has 0 fully saturated rings. The lowest BCUT2D eigenvalue weighted by Gasteiger charge is -2.22. The summed E-state index contributed by atoms with van der Waals surface area (Å²) >= 11 is 0. The fourth-order valence-corrected chi connectivity index (χ4v) is 3.45. The third-order valence-electron chi connectivity index (χ3n) is 4.99. The molecule has 26 heavy (non-hydrogen) atoms. The zero-order valence-corrected chi connectivity index (χ0v) is 15.6. The van der Waals surface area contributed by atoms with Gasteiger partial charge in [0.25, 0.3) is 5.91 Å². The van der Waals surface area contributed by atoms with Gasteiger partial charge in [0, 0.05) is 11.3 Å². The first-order valence-corrected chi connectivity index (χ1v) is 9.25. The summed E-state index contributed by atoms with van der Waals surface area (Å²) in [7, 11) is 0. The van der Waals surface area contributed by atoms with Crippen molar-refractivity contribution >= 4 is 17.5 Å². The molecule has 2 aromatic rings. The summed E-state index contributed by atoms with van der Waals surface area (Å²) in [6.07, 6.45) is 3.36. The Hall–Kier alpha value is -2.62. The number of aryl methyl sites for hydroxylation is 3. The Balaban J connectivity index is 1.72. The van der Waals surface area contributed by atoms with Crippen molar-refractivity contribution in [2.24, 2.45) is 5.92 Å². The highest BCUT2D eigenvalue weighted by Crippen LogP contribution is 2.25. The van der Waals surface area contributed by atoms with Gasteiger partial charge in [-0.1, -0.05) is 38.1 Å². The summed E-state index contributed by atoms with van der Waals surface area (Å²) in [5.74, 6) is -0.414. The molecule has 2 N–H and O–H groups in total. The molecule has 4 heteroatoms. The number of carbonyl (C=O) groups excluding carboxylic acids is 2. The van der Waals surface area contributed by atoms with Crippen molar-refractivity contribution in [3.05, 3.63) is 64.7 Å². The van der Waals surface area contributed by atoms with Crippen LogP contribution in [0.5, 0.6) is 0 Å². The molecule has 0 aromatic heterocycles. The van der Waals surface area contributed by atoms with Crippen molar-refractivity contribution in [2.75, 3.05) is 5.32 Å². The normalized spacial score (nSPS) is 14.0. The fourth-order valence-electron chi connectivity index (χ4n) is 3.45. The van der Waals surface area contributed by atoms with E-state index in [1.807, 2.05) is 45.0 Å². The predicted octanol–water partition coefficient (Wildman–Crippen LogP) is 3.88. The van der Waals surface area contributed by atoms with Crippen molar-refractivity contribution in [3.8, 4) is 0 Å². The van der Waals surface area contributed by atoms with E-state index < -0.39 is 6.04 Å². The average molecular weight is 350 g/mol. The van der Waals surface area contributed by atoms with Gasteiger partial charge in [0.2, 0.25) is 5.91 Å². The number of amides is 2. The van der Waals surface area contributed by atoms with E-state index in [-0.39, 0.29) is 17.7 Å². The van der Waals surface area contributed by atoms with Gasteiger partial charge in [-0.25, -0.2) is 0 Å². The van der Waals surface area contributed by atoms with E-state index in [1.54, 1.807) is 6.07 Å². The van der Waals surface area contributed by atoms with E-state index >= 15 is 0 Å². The zero-order chi connectivity index (χ0) is 18.7. The molecule has 0 saturated carbocycles. The van der Waals surface area contributed by atoms with Crippen LogP contribution in [0.4, 0.5) is 5.69 Å². The first kappa shape index (κ1) is 18.2. The lowest BCUT2D eigenvalue weighted by Crippen LogP contribution is -2.47. The topological polar surface area (TPSA) is 58.2 Å². The van der Waals surface area contributed by atoms with E-state index in [4.69, 9.17) is 0 Å². The molecule has 136 valence electrons. The molecule has 1 atom stereocenters. The van der Waals surface area contributed by atoms with Gasteiger partial charge in [0.1, 0.15) is 6.04 Å². The Morgan fingerprint density at radius 1 is 1.00 bits per heavy atom. The smallest absolute Gasteiger partial charge is 0.252 e. The second kappa shape index (κ2) is 7.73. The van der Waals surface area contributed by atoms with Crippen molar-refractivity contribution in [3.63, 3.8) is 0 Å². The second-order valence-corrected chi connectivity index (χ2v) is 7.34. The first-order chi connectivity index (χ1) is 12.5. The molecule has 2 amide bonds. The Labute approximate surface area is 155 Å². The lowest BCUT2D eigenvalue weighted by atomic mass is 10.0. The van der Waals surface area contributed by atoms with Crippen LogP contribution in [0.3, 0.4) is 0 Å². The number of fused-ring (bicyclic) bond motifs is 1. The first-order valence-electron chi connectivity index (χ1n) is 9.25. The van der Waals surface area contributed by atoms with Crippen molar-refractivity contribution in [1.29, 1.82) is 0 Å². The van der Waals surface area contributed by atoms with Gasteiger partial charge in [-0.3, -0.25) is 9.59 Å². The minimum atomic E-state index is -0.588. The molecule has 3 rings (SSSR count). The molecule has 1 aliphatic rings. The van der Waals surface area contributed by atoms with Gasteiger partial charge in [-0.15, -0.1) is 0 Å². The number of rotatable bonds is 5. The number of hydrogen-bond donors (Lipinski definition) is 2. The minimum Gasteiger partial charge on any atom is -0.340 e. The highest BCUT2D eigenvalue weighted by atomic mass is 16.2. The average Bonchev–Trinajstić information content (AvgIpc) is 3.07. The van der Waals surface area contributed by atoms with Crippen molar-refractivity contribution in [1.82, 2.24) is 5.32 Å². The molecule has 4 nitrogen and oxygen atoms in total. The summed E-state index contributed by atoms with van der Waals surface area (Å²) in [4.78, 5) is 25.4. The second-order valence-electron chi connectivity index (χ2n) is 7.34. The van der Waals surface area contributed by atoms with Crippen LogP contribution in [0.15, 0.2) is 42.5 Å². The molecular formula is C22H26N2O2. The van der Waals surface area contributed by atoms with E-state index in [0.717, 1.165) is 24.1 Å². The molecule has 2 aromatic carbocycles. The molecule has 1 aliphatic carbocycles. The summed E-state index contributed by atoms with van der Waals surface area (Å²) in [5, 5.41) is 5.87. The van der Waals surface area contributed by atoms with Gasteiger partial charge in [0.15, 0.2) is 0 Å². The highest BCUT2D eigenvalue weighted by molar-refractivity contribution is 6.01. The third kappa shape index (κ3) is 3.96. The van der Waals surface area contributed by atoms with Gasteiger partial charge in [0.05, 0.1) is 0 Å². The molecule has 1 unspecified atom stereocenters. The fraction of sp³-hybridized carbons (Fsp3) is 0.364. The van der Waals surface area contributed by atoms with Crippen LogP contribution >= 0.6 is 0 Å². The van der Waals surface area contributed by atoms with Crippen molar-refractivity contribution in [2.45, 2.75) is 46.1 Å². The monoisotopic (exact) mass is 350 g/mol. The van der Waals surface area contributed by atoms with E-state index in [9.17, 15) is 9.59 Å². The molecule has 0 spiro atoms. The van der Waals surface area contributed by atoms with Gasteiger partial charge >= 0.3 is 0 Å². The predicted molar refractivity (Wildman–Crippen MR) is 104 cm³/mol. The number of anilines is 1. The van der Waals surface area contributed by atoms with Crippen LogP contribution in [-0.4, -0.2) is 17.9 Å². The molecule has 0 bridgehead atoms. The van der Waals surface area contributed by atoms with Gasteiger partial charge in [-0.05, 0) is 67.0 Å². The standard InChI is InChI=1S/C22H26N2O2/c1-14(2)20(24-21(25)19-10-5-4-7-15(19)3)22(26)23-18-12-11-16-8-6-9-17(16)13-18/h4-5,7,10-14,20H,6,8-9H2,1-3H3,(H,23,26)(H,24,25). The number of carbonyl (C=O) groups is 2. The zero-order valence-electron chi connectivity index (χ0n) is 15.6. The Bertz CT molecular complexity index is 827. The highest BCUT2D eigenvalue weighted by Gasteiger charge is 2.25. The lowest BCUT2D eigenvalue weighted by molar-refractivity contribution is -0.118. The Kier molecular flexibility index (Phi) is 5.40. The number of benzene rings is 2. The van der Waals surface area contributed by atoms with E-state index in [1.165, 1.54) is 17.5 Å². The molecule has 0 saturated heterocycles. The van der Waals surface area contributed by atoms with Crippen molar-refractivity contribution < 1.29 is 9.59 Å². The summed E-state index contributed by atoms with van der Waals surface area (Å²) in [5.41, 5.74) is 4.98. The quantitative estimate of drug-likeness (QED) is 0.860. The van der Waals surface area contributed by atoms with Crippen LogP contribution < -0.4 is 10.6 Å². The SMILES string of the molecule is Cc1ccccc1C(=O)NC(C(=O)Nc1ccc2c(c1)CCC2)C(C)C. The Morgan fingerprint density at radius 3 is 2.46 bits per heavy atom. The van der Waals surface area contributed by atoms with Crippen LogP contribution in [0.1, 0.15) is 47.3 Å². The van der Waals surface area contributed by atoms with Crippen LogP contribution in [0, 0.1) is 12.8 Å². The maximum Gasteiger partial charge on any atom is 0.252 e. The molecule has 0 heterocycles. The molecule has 0 radical (unpaired) electrons. The molecule has 0 aliphatic heterocycles. The van der Waals surface area contributed by atoms with Gasteiger partial charge in [-0.2, -0.15) is 0 Å². The summed E-state index contributed by atoms with van der Waals surface area (Å²) < 4.78 is 0. The van der Waals surface area contributed by atoms with Crippen LogP contribution in [-0.2, 0) is 17.6 Å². The number of hydrogen-bond acceptors (Lipinski definition) is 2. The van der Waals surface area contributed by atoms with E-state index in [2.05, 4.69) is 22.8 Å². The maximum absolute atomic E-state index is 12.8. The molecular weight excluding hydrogens is 324 g/mol.